The normalized spacial score (nSPS) is 14.9. The number of hydrogen-bond acceptors (Lipinski definition) is 5. The van der Waals surface area contributed by atoms with Gasteiger partial charge in [0.2, 0.25) is 0 Å². The number of nitrogens with zero attached hydrogens (tertiary/aromatic N) is 4. The van der Waals surface area contributed by atoms with Crippen molar-refractivity contribution in [1.29, 1.82) is 5.26 Å². The third-order valence-electron chi connectivity index (χ3n) is 5.57. The maximum atomic E-state index is 12.0. The number of anilines is 1. The van der Waals surface area contributed by atoms with Gasteiger partial charge in [0.25, 0.3) is 0 Å². The van der Waals surface area contributed by atoms with Gasteiger partial charge in [-0.15, -0.1) is 0 Å². The summed E-state index contributed by atoms with van der Waals surface area (Å²) >= 11 is 0. The van der Waals surface area contributed by atoms with Crippen LogP contribution in [0.2, 0.25) is 0 Å². The van der Waals surface area contributed by atoms with E-state index in [-0.39, 0.29) is 6.03 Å². The topological polar surface area (TPSA) is 112 Å². The predicted molar refractivity (Wildman–Crippen MR) is 117 cm³/mol. The Balaban J connectivity index is 1.40. The zero-order chi connectivity index (χ0) is 21.3. The van der Waals surface area contributed by atoms with E-state index in [0.29, 0.717) is 43.0 Å². The number of benzene rings is 1. The van der Waals surface area contributed by atoms with Crippen molar-refractivity contribution in [3.8, 4) is 11.8 Å². The fourth-order valence-corrected chi connectivity index (χ4v) is 3.67. The quantitative estimate of drug-likeness (QED) is 0.579. The highest BCUT2D eigenvalue weighted by molar-refractivity contribution is 5.73. The molecule has 0 unspecified atom stereocenters. The second-order valence-corrected chi connectivity index (χ2v) is 7.88. The van der Waals surface area contributed by atoms with Gasteiger partial charge in [0.15, 0.2) is 0 Å². The number of nitrogens with one attached hydrogen (secondary N) is 2. The number of aryl methyl sites for hydroxylation is 1. The van der Waals surface area contributed by atoms with Gasteiger partial charge in [-0.3, -0.25) is 0 Å². The minimum Gasteiger partial charge on any atom is -0.382 e. The number of rotatable bonds is 8. The van der Waals surface area contributed by atoms with E-state index in [1.807, 2.05) is 30.3 Å². The predicted octanol–water partition coefficient (Wildman–Crippen LogP) is 2.29. The number of aromatic nitrogens is 2. The van der Waals surface area contributed by atoms with Gasteiger partial charge in [-0.25, -0.2) is 9.48 Å². The molecule has 1 aromatic carbocycles. The number of hydrogen-bond donors (Lipinski definition) is 3. The first kappa shape index (κ1) is 21.7. The molecule has 0 bridgehead atoms. The summed E-state index contributed by atoms with van der Waals surface area (Å²) in [4.78, 5) is 14.4. The van der Waals surface area contributed by atoms with Crippen LogP contribution in [-0.4, -0.2) is 53.4 Å². The Kier molecular flexibility index (Phi) is 7.69. The van der Waals surface area contributed by atoms with Gasteiger partial charge in [-0.2, -0.15) is 10.4 Å². The van der Waals surface area contributed by atoms with Crippen LogP contribution < -0.4 is 16.4 Å². The summed E-state index contributed by atoms with van der Waals surface area (Å²) in [7, 11) is 0. The average molecular weight is 410 g/mol. The SMILES string of the molecule is CC1CCN(CCNC(=O)NCCCc2nn(-c3ccccc3)c(N)c2C#N)CC1. The Morgan fingerprint density at radius 3 is 2.63 bits per heavy atom. The molecule has 1 aliphatic rings. The number of nitrogen functional groups attached to an aromatic ring is 1. The highest BCUT2D eigenvalue weighted by atomic mass is 16.2. The first-order chi connectivity index (χ1) is 14.6. The van der Waals surface area contributed by atoms with Gasteiger partial charge in [-0.05, 0) is 56.8 Å². The largest absolute Gasteiger partial charge is 0.382 e. The second kappa shape index (κ2) is 10.6. The van der Waals surface area contributed by atoms with E-state index in [4.69, 9.17) is 5.73 Å². The van der Waals surface area contributed by atoms with E-state index in [2.05, 4.69) is 33.6 Å². The number of para-hydroxylation sites is 1. The van der Waals surface area contributed by atoms with Crippen molar-refractivity contribution in [2.75, 3.05) is 38.5 Å². The number of nitriles is 1. The Labute approximate surface area is 178 Å². The minimum absolute atomic E-state index is 0.157. The van der Waals surface area contributed by atoms with Gasteiger partial charge in [-0.1, -0.05) is 25.1 Å². The van der Waals surface area contributed by atoms with Crippen LogP contribution in [0.1, 0.15) is 37.4 Å². The smallest absolute Gasteiger partial charge is 0.314 e. The lowest BCUT2D eigenvalue weighted by Crippen LogP contribution is -2.42. The van der Waals surface area contributed by atoms with Gasteiger partial charge >= 0.3 is 6.03 Å². The number of urea groups is 1. The molecule has 160 valence electrons. The van der Waals surface area contributed by atoms with Gasteiger partial charge in [0.1, 0.15) is 17.5 Å². The molecule has 2 heterocycles. The molecule has 8 nitrogen and oxygen atoms in total. The van der Waals surface area contributed by atoms with E-state index in [1.54, 1.807) is 4.68 Å². The Morgan fingerprint density at radius 2 is 1.93 bits per heavy atom. The maximum absolute atomic E-state index is 12.0. The number of carbonyl (C=O) groups is 1. The monoisotopic (exact) mass is 409 g/mol. The molecule has 1 aliphatic heterocycles. The van der Waals surface area contributed by atoms with Crippen LogP contribution in [0, 0.1) is 17.2 Å². The molecule has 8 heteroatoms. The van der Waals surface area contributed by atoms with Crippen LogP contribution in [0.25, 0.3) is 5.69 Å². The van der Waals surface area contributed by atoms with Crippen LogP contribution in [-0.2, 0) is 6.42 Å². The number of likely N-dealkylation sites (tertiary alicyclic amines) is 1. The molecule has 1 fully saturated rings. The standard InChI is InChI=1S/C22H31N7O/c1-17-9-13-28(14-10-17)15-12-26-22(30)25-11-5-8-20-19(16-23)21(24)29(27-20)18-6-3-2-4-7-18/h2-4,6-7,17H,5,8-15,24H2,1H3,(H2,25,26,30). The zero-order valence-electron chi connectivity index (χ0n) is 17.6. The summed E-state index contributed by atoms with van der Waals surface area (Å²) in [5, 5.41) is 19.8. The summed E-state index contributed by atoms with van der Waals surface area (Å²) < 4.78 is 1.59. The van der Waals surface area contributed by atoms with E-state index < -0.39 is 0 Å². The molecule has 2 amide bonds. The third-order valence-corrected chi connectivity index (χ3v) is 5.57. The molecule has 1 aromatic heterocycles. The lowest BCUT2D eigenvalue weighted by molar-refractivity contribution is 0.191. The van der Waals surface area contributed by atoms with Crippen LogP contribution in [0.5, 0.6) is 0 Å². The molecule has 0 saturated carbocycles. The third kappa shape index (κ3) is 5.74. The highest BCUT2D eigenvalue weighted by Crippen LogP contribution is 2.21. The summed E-state index contributed by atoms with van der Waals surface area (Å²) in [6.45, 7) is 6.58. The van der Waals surface area contributed by atoms with E-state index in [1.165, 1.54) is 12.8 Å². The Morgan fingerprint density at radius 1 is 1.23 bits per heavy atom. The average Bonchev–Trinajstić information content (AvgIpc) is 3.08. The van der Waals surface area contributed by atoms with Gasteiger partial charge < -0.3 is 21.3 Å². The number of amides is 2. The van der Waals surface area contributed by atoms with E-state index >= 15 is 0 Å². The molecule has 4 N–H and O–H groups in total. The number of piperidine rings is 1. The van der Waals surface area contributed by atoms with Crippen molar-refractivity contribution in [3.63, 3.8) is 0 Å². The summed E-state index contributed by atoms with van der Waals surface area (Å²) in [6.07, 6.45) is 3.72. The molecule has 0 radical (unpaired) electrons. The molecular formula is C22H31N7O. The molecule has 0 spiro atoms. The van der Waals surface area contributed by atoms with Crippen molar-refractivity contribution in [2.45, 2.75) is 32.6 Å². The van der Waals surface area contributed by atoms with Crippen molar-refractivity contribution < 1.29 is 4.79 Å². The van der Waals surface area contributed by atoms with E-state index in [0.717, 1.165) is 31.2 Å². The highest BCUT2D eigenvalue weighted by Gasteiger charge is 2.17. The molecular weight excluding hydrogens is 378 g/mol. The van der Waals surface area contributed by atoms with Crippen LogP contribution >= 0.6 is 0 Å². The lowest BCUT2D eigenvalue weighted by atomic mass is 9.99. The minimum atomic E-state index is -0.157. The molecule has 0 atom stereocenters. The first-order valence-electron chi connectivity index (χ1n) is 10.7. The number of carbonyl (C=O) groups excluding carboxylic acids is 1. The Hall–Kier alpha value is -3.05. The van der Waals surface area contributed by atoms with Gasteiger partial charge in [0, 0.05) is 19.6 Å². The van der Waals surface area contributed by atoms with Crippen molar-refractivity contribution in [2.24, 2.45) is 5.92 Å². The van der Waals surface area contributed by atoms with Crippen molar-refractivity contribution in [1.82, 2.24) is 25.3 Å². The summed E-state index contributed by atoms with van der Waals surface area (Å²) in [5.41, 5.74) is 7.99. The summed E-state index contributed by atoms with van der Waals surface area (Å²) in [6, 6.07) is 11.5. The second-order valence-electron chi connectivity index (χ2n) is 7.88. The zero-order valence-corrected chi connectivity index (χ0v) is 17.6. The first-order valence-corrected chi connectivity index (χ1v) is 10.7. The Bertz CT molecular complexity index is 864. The molecule has 30 heavy (non-hydrogen) atoms. The number of nitrogens with two attached hydrogens (primary N) is 1. The summed E-state index contributed by atoms with van der Waals surface area (Å²) in [5.74, 6) is 1.16. The van der Waals surface area contributed by atoms with Crippen molar-refractivity contribution >= 4 is 11.8 Å². The lowest BCUT2D eigenvalue weighted by Gasteiger charge is -2.30. The molecule has 2 aromatic rings. The van der Waals surface area contributed by atoms with Crippen molar-refractivity contribution in [3.05, 3.63) is 41.6 Å². The van der Waals surface area contributed by atoms with Crippen LogP contribution in [0.4, 0.5) is 10.6 Å². The maximum Gasteiger partial charge on any atom is 0.314 e. The van der Waals surface area contributed by atoms with Crippen LogP contribution in [0.3, 0.4) is 0 Å². The van der Waals surface area contributed by atoms with E-state index in [9.17, 15) is 10.1 Å². The molecule has 0 aliphatic carbocycles. The fraction of sp³-hybridized carbons (Fsp3) is 0.500. The molecule has 3 rings (SSSR count). The van der Waals surface area contributed by atoms with Gasteiger partial charge in [0.05, 0.1) is 11.4 Å². The fourth-order valence-electron chi connectivity index (χ4n) is 3.67. The molecule has 1 saturated heterocycles. The van der Waals surface area contributed by atoms with Crippen LogP contribution in [0.15, 0.2) is 30.3 Å².